The van der Waals surface area contributed by atoms with E-state index >= 15 is 0 Å². The number of para-hydroxylation sites is 1. The molecule has 152 valence electrons. The Morgan fingerprint density at radius 1 is 1.21 bits per heavy atom. The van der Waals surface area contributed by atoms with Crippen LogP contribution < -0.4 is 5.56 Å². The van der Waals surface area contributed by atoms with Crippen LogP contribution in [-0.4, -0.2) is 26.9 Å². The van der Waals surface area contributed by atoms with Gasteiger partial charge >= 0.3 is 0 Å². The number of carbonyl (C=O) groups excluding carboxylic acids is 1. The first-order chi connectivity index (χ1) is 14.1. The number of nitrogens with one attached hydrogen (secondary N) is 1. The number of amides is 1. The van der Waals surface area contributed by atoms with E-state index in [0.29, 0.717) is 36.2 Å². The van der Waals surface area contributed by atoms with Crippen LogP contribution in [0.4, 0.5) is 0 Å². The molecular weight excluding hydrogens is 402 g/mol. The van der Waals surface area contributed by atoms with Gasteiger partial charge in [0.05, 0.1) is 17.4 Å². The lowest BCUT2D eigenvalue weighted by Gasteiger charge is -2.20. The van der Waals surface area contributed by atoms with E-state index < -0.39 is 0 Å². The third kappa shape index (κ3) is 5.52. The highest BCUT2D eigenvalue weighted by Crippen LogP contribution is 2.14. The second-order valence-electron chi connectivity index (χ2n) is 6.89. The molecule has 0 atom stereocenters. The second kappa shape index (κ2) is 10.3. The van der Waals surface area contributed by atoms with Gasteiger partial charge in [0.2, 0.25) is 5.91 Å². The predicted octanol–water partition coefficient (Wildman–Crippen LogP) is 4.90. The van der Waals surface area contributed by atoms with Crippen LogP contribution in [-0.2, 0) is 17.9 Å². The number of H-pyrrole nitrogens is 1. The summed E-state index contributed by atoms with van der Waals surface area (Å²) in [4.78, 5) is 31.3. The van der Waals surface area contributed by atoms with Crippen molar-refractivity contribution in [2.24, 2.45) is 0 Å². The first kappa shape index (κ1) is 21.2. The van der Waals surface area contributed by atoms with Gasteiger partial charge in [0.15, 0.2) is 4.77 Å². The normalized spacial score (nSPS) is 10.9. The van der Waals surface area contributed by atoms with Crippen molar-refractivity contribution in [2.75, 3.05) is 6.54 Å². The van der Waals surface area contributed by atoms with Crippen LogP contribution in [0, 0.1) is 4.77 Å². The van der Waals surface area contributed by atoms with Crippen LogP contribution in [0.1, 0.15) is 30.6 Å². The molecule has 0 fully saturated rings. The average molecular weight is 428 g/mol. The molecular formula is C22H25N3O2S2. The number of benzene rings is 1. The van der Waals surface area contributed by atoms with E-state index in [-0.39, 0.29) is 11.5 Å². The number of fused-ring (bicyclic) bond motifs is 1. The molecule has 0 aliphatic carbocycles. The second-order valence-corrected chi connectivity index (χ2v) is 8.30. The first-order valence-electron chi connectivity index (χ1n) is 9.73. The Balaban J connectivity index is 1.51. The van der Waals surface area contributed by atoms with E-state index in [1.54, 1.807) is 28.0 Å². The van der Waals surface area contributed by atoms with Crippen molar-refractivity contribution >= 4 is 40.4 Å². The van der Waals surface area contributed by atoms with E-state index in [9.17, 15) is 9.59 Å². The zero-order valence-corrected chi connectivity index (χ0v) is 17.9. The zero-order valence-electron chi connectivity index (χ0n) is 16.3. The maximum absolute atomic E-state index is 12.6. The number of carbonyl (C=O) groups is 1. The Bertz CT molecular complexity index is 1080. The fraction of sp³-hybridized carbons (Fsp3) is 0.318. The number of unbranched alkanes of at least 4 members (excludes halogenated alkanes) is 2. The summed E-state index contributed by atoms with van der Waals surface area (Å²) in [7, 11) is 0. The molecule has 3 aromatic rings. The monoisotopic (exact) mass is 427 g/mol. The maximum atomic E-state index is 12.6. The van der Waals surface area contributed by atoms with Gasteiger partial charge in [-0.25, -0.2) is 0 Å². The summed E-state index contributed by atoms with van der Waals surface area (Å²) in [5, 5.41) is 2.66. The third-order valence-electron chi connectivity index (χ3n) is 4.79. The molecule has 1 N–H and O–H groups in total. The lowest BCUT2D eigenvalue weighted by molar-refractivity contribution is -0.131. The fourth-order valence-electron chi connectivity index (χ4n) is 3.28. The van der Waals surface area contributed by atoms with Gasteiger partial charge in [0, 0.05) is 24.4 Å². The fourth-order valence-corrected chi connectivity index (χ4v) is 4.29. The van der Waals surface area contributed by atoms with E-state index in [4.69, 9.17) is 12.2 Å². The molecule has 0 saturated heterocycles. The molecule has 0 saturated carbocycles. The Morgan fingerprint density at radius 2 is 2.03 bits per heavy atom. The lowest BCUT2D eigenvalue weighted by atomic mass is 10.1. The van der Waals surface area contributed by atoms with Gasteiger partial charge in [-0.3, -0.25) is 14.2 Å². The molecule has 0 unspecified atom stereocenters. The Labute approximate surface area is 179 Å². The number of aromatic nitrogens is 2. The molecule has 7 heteroatoms. The first-order valence-corrected chi connectivity index (χ1v) is 11.0. The summed E-state index contributed by atoms with van der Waals surface area (Å²) in [6.45, 7) is 5.50. The summed E-state index contributed by atoms with van der Waals surface area (Å²) in [6.07, 6.45) is 4.71. The van der Waals surface area contributed by atoms with Gasteiger partial charge in [-0.2, -0.15) is 0 Å². The number of hydrogen-bond donors (Lipinski definition) is 1. The summed E-state index contributed by atoms with van der Waals surface area (Å²) in [5.41, 5.74) is 0.700. The third-order valence-corrected chi connectivity index (χ3v) is 5.97. The van der Waals surface area contributed by atoms with Crippen LogP contribution in [0.3, 0.4) is 0 Å². The highest BCUT2D eigenvalue weighted by atomic mass is 32.1. The molecule has 3 rings (SSSR count). The van der Waals surface area contributed by atoms with Gasteiger partial charge in [-0.05, 0) is 48.6 Å². The summed E-state index contributed by atoms with van der Waals surface area (Å²) < 4.78 is 2.05. The predicted molar refractivity (Wildman–Crippen MR) is 122 cm³/mol. The van der Waals surface area contributed by atoms with Gasteiger partial charge in [0.25, 0.3) is 5.56 Å². The smallest absolute Gasteiger partial charge is 0.262 e. The summed E-state index contributed by atoms with van der Waals surface area (Å²) in [6, 6.07) is 11.4. The minimum absolute atomic E-state index is 0.0615. The van der Waals surface area contributed by atoms with E-state index in [1.165, 1.54) is 4.88 Å². The molecule has 0 spiro atoms. The van der Waals surface area contributed by atoms with Crippen molar-refractivity contribution in [3.05, 3.63) is 74.4 Å². The molecule has 0 aliphatic heterocycles. The van der Waals surface area contributed by atoms with Crippen molar-refractivity contribution in [1.82, 2.24) is 14.5 Å². The minimum atomic E-state index is -0.0615. The number of thiophene rings is 1. The zero-order chi connectivity index (χ0) is 20.6. The number of nitrogens with zero attached hydrogens (tertiary/aromatic N) is 2. The molecule has 2 heterocycles. The minimum Gasteiger partial charge on any atom is -0.334 e. The number of aromatic amines is 1. The quantitative estimate of drug-likeness (QED) is 0.285. The highest BCUT2D eigenvalue weighted by Gasteiger charge is 2.13. The van der Waals surface area contributed by atoms with Crippen LogP contribution in [0.5, 0.6) is 0 Å². The van der Waals surface area contributed by atoms with Crippen LogP contribution >= 0.6 is 23.6 Å². The molecule has 1 aromatic carbocycles. The van der Waals surface area contributed by atoms with E-state index in [2.05, 4.69) is 11.6 Å². The van der Waals surface area contributed by atoms with Crippen molar-refractivity contribution in [1.29, 1.82) is 0 Å². The van der Waals surface area contributed by atoms with Gasteiger partial charge in [-0.15, -0.1) is 17.9 Å². The van der Waals surface area contributed by atoms with Crippen LogP contribution in [0.15, 0.2) is 59.2 Å². The van der Waals surface area contributed by atoms with Crippen LogP contribution in [0.25, 0.3) is 10.9 Å². The largest absolute Gasteiger partial charge is 0.334 e. The average Bonchev–Trinajstić information content (AvgIpc) is 3.22. The summed E-state index contributed by atoms with van der Waals surface area (Å²) in [5.74, 6) is 0.137. The summed E-state index contributed by atoms with van der Waals surface area (Å²) >= 11 is 7.00. The van der Waals surface area contributed by atoms with Gasteiger partial charge in [0.1, 0.15) is 0 Å². The molecule has 2 aromatic heterocycles. The molecule has 1 amide bonds. The highest BCUT2D eigenvalue weighted by molar-refractivity contribution is 7.71. The molecule has 0 radical (unpaired) electrons. The number of rotatable bonds is 10. The topological polar surface area (TPSA) is 58.1 Å². The van der Waals surface area contributed by atoms with Gasteiger partial charge in [-0.1, -0.05) is 30.7 Å². The molecule has 29 heavy (non-hydrogen) atoms. The van der Waals surface area contributed by atoms with Crippen LogP contribution in [0.2, 0.25) is 0 Å². The Morgan fingerprint density at radius 3 is 2.79 bits per heavy atom. The molecule has 0 aliphatic rings. The standard InChI is InChI=1S/C22H25N3O2S2/c1-2-13-24(16-17-9-8-15-29-17)20(26)12-4-3-7-14-25-21(27)18-10-5-6-11-19(18)23-22(25)28/h2,5-6,8-11,15H,1,3-4,7,12-14,16H2,(H,23,28). The van der Waals surface area contributed by atoms with Crippen molar-refractivity contribution in [2.45, 2.75) is 38.8 Å². The van der Waals surface area contributed by atoms with Crippen molar-refractivity contribution in [3.63, 3.8) is 0 Å². The van der Waals surface area contributed by atoms with Gasteiger partial charge < -0.3 is 9.88 Å². The number of hydrogen-bond acceptors (Lipinski definition) is 4. The van der Waals surface area contributed by atoms with E-state index in [0.717, 1.165) is 24.8 Å². The molecule has 5 nitrogen and oxygen atoms in total. The Kier molecular flexibility index (Phi) is 7.55. The lowest BCUT2D eigenvalue weighted by Crippen LogP contribution is -2.30. The van der Waals surface area contributed by atoms with E-state index in [1.807, 2.05) is 40.6 Å². The van der Waals surface area contributed by atoms with Crippen molar-refractivity contribution < 1.29 is 4.79 Å². The van der Waals surface area contributed by atoms with Crippen molar-refractivity contribution in [3.8, 4) is 0 Å². The maximum Gasteiger partial charge on any atom is 0.262 e. The Hall–Kier alpha value is -2.51. The molecule has 0 bridgehead atoms. The SMILES string of the molecule is C=CCN(Cc1cccs1)C(=O)CCCCCn1c(=S)[nH]c2ccccc2c1=O.